The topological polar surface area (TPSA) is 77.1 Å². The van der Waals surface area contributed by atoms with Crippen LogP contribution in [-0.2, 0) is 23.3 Å². The molecule has 0 saturated heterocycles. The summed E-state index contributed by atoms with van der Waals surface area (Å²) in [7, 11) is 0. The Labute approximate surface area is 225 Å². The van der Waals surface area contributed by atoms with Crippen LogP contribution in [-0.4, -0.2) is 25.2 Å². The second-order valence-electron chi connectivity index (χ2n) is 10.2. The average Bonchev–Trinajstić information content (AvgIpc) is 3.64. The molecule has 0 bridgehead atoms. The van der Waals surface area contributed by atoms with Crippen LogP contribution in [0.3, 0.4) is 0 Å². The summed E-state index contributed by atoms with van der Waals surface area (Å²) in [6, 6.07) is 27.0. The summed E-state index contributed by atoms with van der Waals surface area (Å²) in [5.74, 6) is 1.66. The molecule has 1 atom stereocenters. The predicted octanol–water partition coefficient (Wildman–Crippen LogP) is 4.88. The zero-order valence-corrected chi connectivity index (χ0v) is 21.4. The lowest BCUT2D eigenvalue weighted by Crippen LogP contribution is -2.42. The van der Waals surface area contributed by atoms with Crippen LogP contribution in [0.4, 0.5) is 5.69 Å². The van der Waals surface area contributed by atoms with Crippen molar-refractivity contribution >= 4 is 17.5 Å². The summed E-state index contributed by atoms with van der Waals surface area (Å²) in [5, 5.41) is 2.99. The first-order valence-electron chi connectivity index (χ1n) is 12.9. The summed E-state index contributed by atoms with van der Waals surface area (Å²) in [4.78, 5) is 29.0. The standard InChI is InChI=1S/C32H26N2O5/c1-20-9-11-21(12-10-20)16-33-30(35)23-6-4-5-22(13-23)17-34-26-8-3-2-7-24(26)32(31(34)36)18-37-27-15-29-28(14-25(27)32)38-19-39-29/h2-15H,16-19H2,1H3,(H,33,35). The van der Waals surface area contributed by atoms with Crippen molar-refractivity contribution in [2.24, 2.45) is 0 Å². The van der Waals surface area contributed by atoms with Gasteiger partial charge in [0.1, 0.15) is 17.8 Å². The van der Waals surface area contributed by atoms with Gasteiger partial charge in [0.05, 0.1) is 6.54 Å². The summed E-state index contributed by atoms with van der Waals surface area (Å²) in [6.07, 6.45) is 0. The van der Waals surface area contributed by atoms with Gasteiger partial charge in [-0.2, -0.15) is 0 Å². The molecule has 7 rings (SSSR count). The number of nitrogens with zero attached hydrogens (tertiary/aromatic N) is 1. The van der Waals surface area contributed by atoms with Gasteiger partial charge < -0.3 is 24.4 Å². The first kappa shape index (κ1) is 23.3. The van der Waals surface area contributed by atoms with Gasteiger partial charge in [0, 0.05) is 29.4 Å². The number of anilines is 1. The number of ether oxygens (including phenoxy) is 3. The van der Waals surface area contributed by atoms with Gasteiger partial charge >= 0.3 is 0 Å². The third-order valence-electron chi connectivity index (χ3n) is 7.75. The summed E-state index contributed by atoms with van der Waals surface area (Å²) in [5.41, 5.74) is 5.20. The Morgan fingerprint density at radius 1 is 0.846 bits per heavy atom. The van der Waals surface area contributed by atoms with Crippen molar-refractivity contribution < 1.29 is 23.8 Å². The van der Waals surface area contributed by atoms with E-state index < -0.39 is 5.41 Å². The molecule has 0 radical (unpaired) electrons. The van der Waals surface area contributed by atoms with Crippen molar-refractivity contribution in [3.8, 4) is 17.2 Å². The molecule has 1 unspecified atom stereocenters. The van der Waals surface area contributed by atoms with E-state index in [4.69, 9.17) is 14.2 Å². The lowest BCUT2D eigenvalue weighted by molar-refractivity contribution is -0.122. The predicted molar refractivity (Wildman–Crippen MR) is 145 cm³/mol. The van der Waals surface area contributed by atoms with Crippen LogP contribution in [0.25, 0.3) is 0 Å². The normalized spacial score (nSPS) is 18.2. The van der Waals surface area contributed by atoms with E-state index in [0.717, 1.165) is 27.9 Å². The van der Waals surface area contributed by atoms with Crippen molar-refractivity contribution in [2.75, 3.05) is 18.3 Å². The number of hydrogen-bond acceptors (Lipinski definition) is 5. The average molecular weight is 519 g/mol. The minimum absolute atomic E-state index is 0.0597. The molecule has 3 heterocycles. The van der Waals surface area contributed by atoms with E-state index >= 15 is 0 Å². The molecule has 4 aromatic carbocycles. The number of carbonyl (C=O) groups excluding carboxylic acids is 2. The number of nitrogens with one attached hydrogen (secondary N) is 1. The Bertz CT molecular complexity index is 1630. The highest BCUT2D eigenvalue weighted by molar-refractivity contribution is 6.11. The maximum atomic E-state index is 14.3. The van der Waals surface area contributed by atoms with Crippen molar-refractivity contribution in [1.29, 1.82) is 0 Å². The molecule has 0 aliphatic carbocycles. The lowest BCUT2D eigenvalue weighted by atomic mass is 9.77. The van der Waals surface area contributed by atoms with Gasteiger partial charge in [0.25, 0.3) is 5.91 Å². The van der Waals surface area contributed by atoms with E-state index in [1.807, 2.05) is 85.8 Å². The van der Waals surface area contributed by atoms with Crippen LogP contribution in [0.15, 0.2) is 84.9 Å². The molecule has 3 aliphatic heterocycles. The number of fused-ring (bicyclic) bond motifs is 5. The van der Waals surface area contributed by atoms with Gasteiger partial charge in [0.2, 0.25) is 12.7 Å². The molecule has 4 aromatic rings. The van der Waals surface area contributed by atoms with Crippen LogP contribution in [0.1, 0.15) is 38.2 Å². The molecular weight excluding hydrogens is 492 g/mol. The Kier molecular flexibility index (Phi) is 5.33. The van der Waals surface area contributed by atoms with Crippen molar-refractivity contribution in [2.45, 2.75) is 25.4 Å². The summed E-state index contributed by atoms with van der Waals surface area (Å²) < 4.78 is 17.2. The van der Waals surface area contributed by atoms with Gasteiger partial charge in [-0.15, -0.1) is 0 Å². The number of amides is 2. The second kappa shape index (κ2) is 8.91. The molecular formula is C32H26N2O5. The molecule has 3 aliphatic rings. The van der Waals surface area contributed by atoms with Gasteiger partial charge in [-0.1, -0.05) is 60.2 Å². The Hall–Kier alpha value is -4.78. The Morgan fingerprint density at radius 2 is 1.64 bits per heavy atom. The molecule has 1 spiro atoms. The van der Waals surface area contributed by atoms with Crippen LogP contribution >= 0.6 is 0 Å². The van der Waals surface area contributed by atoms with Crippen LogP contribution in [0.2, 0.25) is 0 Å². The number of para-hydroxylation sites is 1. The molecule has 2 amide bonds. The highest BCUT2D eigenvalue weighted by atomic mass is 16.7. The maximum Gasteiger partial charge on any atom is 0.251 e. The number of aryl methyl sites for hydroxylation is 1. The zero-order chi connectivity index (χ0) is 26.6. The number of carbonyl (C=O) groups is 2. The van der Waals surface area contributed by atoms with Crippen molar-refractivity contribution in [1.82, 2.24) is 5.32 Å². The highest BCUT2D eigenvalue weighted by Gasteiger charge is 2.57. The monoisotopic (exact) mass is 518 g/mol. The quantitative estimate of drug-likeness (QED) is 0.408. The molecule has 194 valence electrons. The molecule has 39 heavy (non-hydrogen) atoms. The van der Waals surface area contributed by atoms with Gasteiger partial charge in [-0.05, 0) is 47.9 Å². The first-order valence-corrected chi connectivity index (χ1v) is 12.9. The number of benzene rings is 4. The second-order valence-corrected chi connectivity index (χ2v) is 10.2. The largest absolute Gasteiger partial charge is 0.491 e. The molecule has 0 aromatic heterocycles. The molecule has 7 nitrogen and oxygen atoms in total. The molecule has 1 N–H and O–H groups in total. The summed E-state index contributed by atoms with van der Waals surface area (Å²) >= 11 is 0. The van der Waals surface area contributed by atoms with E-state index in [2.05, 4.69) is 5.32 Å². The fourth-order valence-electron chi connectivity index (χ4n) is 5.71. The van der Waals surface area contributed by atoms with E-state index in [1.165, 1.54) is 5.56 Å². The number of hydrogen-bond donors (Lipinski definition) is 1. The zero-order valence-electron chi connectivity index (χ0n) is 21.4. The fraction of sp³-hybridized carbons (Fsp3) is 0.188. The fourth-order valence-corrected chi connectivity index (χ4v) is 5.71. The molecule has 7 heteroatoms. The van der Waals surface area contributed by atoms with Gasteiger partial charge in [-0.25, -0.2) is 0 Å². The SMILES string of the molecule is Cc1ccc(CNC(=O)c2cccc(CN3C(=O)C4(COc5cc6c(cc54)OCO6)c4ccccc43)c2)cc1. The van der Waals surface area contributed by atoms with Gasteiger partial charge in [0.15, 0.2) is 11.5 Å². The third-order valence-corrected chi connectivity index (χ3v) is 7.75. The Morgan fingerprint density at radius 3 is 2.49 bits per heavy atom. The molecule has 0 fully saturated rings. The van der Waals surface area contributed by atoms with E-state index in [9.17, 15) is 9.59 Å². The number of rotatable bonds is 5. The van der Waals surface area contributed by atoms with E-state index in [1.54, 1.807) is 11.0 Å². The van der Waals surface area contributed by atoms with Crippen LogP contribution in [0.5, 0.6) is 17.2 Å². The minimum atomic E-state index is -0.962. The minimum Gasteiger partial charge on any atom is -0.491 e. The third kappa shape index (κ3) is 3.73. The Balaban J connectivity index is 1.17. The van der Waals surface area contributed by atoms with Crippen LogP contribution < -0.4 is 24.4 Å². The van der Waals surface area contributed by atoms with Crippen molar-refractivity contribution in [3.63, 3.8) is 0 Å². The maximum absolute atomic E-state index is 14.3. The lowest BCUT2D eigenvalue weighted by Gasteiger charge is -2.23. The van der Waals surface area contributed by atoms with Crippen molar-refractivity contribution in [3.05, 3.63) is 118 Å². The van der Waals surface area contributed by atoms with Gasteiger partial charge in [-0.3, -0.25) is 9.59 Å². The first-order chi connectivity index (χ1) is 19.0. The summed E-state index contributed by atoms with van der Waals surface area (Å²) in [6.45, 7) is 3.17. The highest BCUT2D eigenvalue weighted by Crippen LogP contribution is 2.55. The van der Waals surface area contributed by atoms with E-state index in [-0.39, 0.29) is 25.2 Å². The molecule has 0 saturated carbocycles. The smallest absolute Gasteiger partial charge is 0.251 e. The van der Waals surface area contributed by atoms with E-state index in [0.29, 0.717) is 35.9 Å². The van der Waals surface area contributed by atoms with Crippen LogP contribution in [0, 0.1) is 6.92 Å².